The molecule has 2 aromatic carbocycles. The molecule has 0 aliphatic carbocycles. The zero-order valence-electron chi connectivity index (χ0n) is 13.9. The van der Waals surface area contributed by atoms with Gasteiger partial charge in [-0.05, 0) is 42.0 Å². The maximum Gasteiger partial charge on any atom is 0.416 e. The van der Waals surface area contributed by atoms with E-state index in [4.69, 9.17) is 4.74 Å². The number of benzene rings is 2. The van der Waals surface area contributed by atoms with Crippen LogP contribution < -0.4 is 10.1 Å². The summed E-state index contributed by atoms with van der Waals surface area (Å²) in [7, 11) is 1.56. The molecule has 0 aromatic heterocycles. The fourth-order valence-electron chi connectivity index (χ4n) is 2.66. The number of nitrogens with zero attached hydrogens (tertiary/aromatic N) is 1. The van der Waals surface area contributed by atoms with Crippen molar-refractivity contribution >= 4 is 23.5 Å². The van der Waals surface area contributed by atoms with Crippen molar-refractivity contribution in [2.24, 2.45) is 0 Å². The van der Waals surface area contributed by atoms with Crippen molar-refractivity contribution in [1.29, 1.82) is 0 Å². The van der Waals surface area contributed by atoms with Crippen LogP contribution in [0.1, 0.15) is 16.5 Å². The summed E-state index contributed by atoms with van der Waals surface area (Å²) in [6, 6.07) is 11.6. The second-order valence-corrected chi connectivity index (χ2v) is 6.88. The third-order valence-corrected chi connectivity index (χ3v) is 5.28. The molecule has 4 nitrogen and oxygen atoms in total. The van der Waals surface area contributed by atoms with Gasteiger partial charge < -0.3 is 15.0 Å². The number of anilines is 1. The van der Waals surface area contributed by atoms with Crippen molar-refractivity contribution < 1.29 is 22.7 Å². The Labute approximate surface area is 153 Å². The number of alkyl halides is 3. The Hall–Kier alpha value is -2.35. The quantitative estimate of drug-likeness (QED) is 0.813. The molecule has 0 radical (unpaired) electrons. The van der Waals surface area contributed by atoms with E-state index in [0.29, 0.717) is 23.5 Å². The first kappa shape index (κ1) is 18.4. The molecule has 8 heteroatoms. The zero-order valence-corrected chi connectivity index (χ0v) is 14.7. The van der Waals surface area contributed by atoms with Crippen LogP contribution in [0.4, 0.5) is 23.7 Å². The van der Waals surface area contributed by atoms with Gasteiger partial charge in [0, 0.05) is 18.0 Å². The Morgan fingerprint density at radius 2 is 1.81 bits per heavy atom. The van der Waals surface area contributed by atoms with E-state index in [2.05, 4.69) is 5.32 Å². The number of methoxy groups -OCH3 is 1. The minimum Gasteiger partial charge on any atom is -0.497 e. The van der Waals surface area contributed by atoms with Gasteiger partial charge in [0.2, 0.25) is 0 Å². The smallest absolute Gasteiger partial charge is 0.416 e. The van der Waals surface area contributed by atoms with Crippen molar-refractivity contribution in [3.8, 4) is 5.75 Å². The summed E-state index contributed by atoms with van der Waals surface area (Å²) >= 11 is 1.53. The minimum absolute atomic E-state index is 0.287. The van der Waals surface area contributed by atoms with Crippen molar-refractivity contribution in [2.75, 3.05) is 24.7 Å². The molecule has 2 amide bonds. The van der Waals surface area contributed by atoms with Crippen LogP contribution in [-0.4, -0.2) is 30.3 Å². The number of halogens is 3. The van der Waals surface area contributed by atoms with Crippen LogP contribution in [0.3, 0.4) is 0 Å². The summed E-state index contributed by atoms with van der Waals surface area (Å²) in [5.74, 6) is 1.41. The number of carbonyl (C=O) groups excluding carboxylic acids is 1. The number of hydrogen-bond donors (Lipinski definition) is 1. The second kappa shape index (κ2) is 7.49. The molecular formula is C18H17F3N2O2S. The number of nitrogens with one attached hydrogen (secondary N) is 1. The predicted octanol–water partition coefficient (Wildman–Crippen LogP) is 4.99. The molecule has 1 N–H and O–H groups in total. The van der Waals surface area contributed by atoms with Gasteiger partial charge >= 0.3 is 12.2 Å². The van der Waals surface area contributed by atoms with Crippen LogP contribution in [0.2, 0.25) is 0 Å². The van der Waals surface area contributed by atoms with E-state index >= 15 is 0 Å². The summed E-state index contributed by atoms with van der Waals surface area (Å²) in [4.78, 5) is 14.2. The van der Waals surface area contributed by atoms with Crippen LogP contribution >= 0.6 is 11.8 Å². The lowest BCUT2D eigenvalue weighted by atomic mass is 10.1. The molecule has 0 saturated carbocycles. The number of urea groups is 1. The SMILES string of the molecule is COc1ccc(NC(=O)N2CCSC2c2ccc(C(F)(F)F)cc2)cc1. The Balaban J connectivity index is 1.71. The van der Waals surface area contributed by atoms with E-state index in [1.807, 2.05) is 0 Å². The van der Waals surface area contributed by atoms with Gasteiger partial charge in [0.15, 0.2) is 0 Å². The average Bonchev–Trinajstić information content (AvgIpc) is 3.11. The molecule has 3 rings (SSSR count). The third kappa shape index (κ3) is 4.07. The number of ether oxygens (including phenoxy) is 1. The summed E-state index contributed by atoms with van der Waals surface area (Å²) < 4.78 is 43.2. The lowest BCUT2D eigenvalue weighted by molar-refractivity contribution is -0.137. The molecule has 2 aromatic rings. The number of amides is 2. The fourth-order valence-corrected chi connectivity index (χ4v) is 3.92. The molecule has 1 saturated heterocycles. The highest BCUT2D eigenvalue weighted by molar-refractivity contribution is 7.99. The van der Waals surface area contributed by atoms with Gasteiger partial charge in [-0.15, -0.1) is 11.8 Å². The largest absolute Gasteiger partial charge is 0.497 e. The van der Waals surface area contributed by atoms with Crippen LogP contribution in [-0.2, 0) is 6.18 Å². The fraction of sp³-hybridized carbons (Fsp3) is 0.278. The summed E-state index contributed by atoms with van der Waals surface area (Å²) in [6.07, 6.45) is -4.37. The average molecular weight is 382 g/mol. The van der Waals surface area contributed by atoms with Crippen LogP contribution in [0.25, 0.3) is 0 Å². The van der Waals surface area contributed by atoms with Crippen molar-refractivity contribution in [2.45, 2.75) is 11.6 Å². The molecule has 0 spiro atoms. The maximum atomic E-state index is 12.7. The number of carbonyl (C=O) groups is 1. The normalized spacial score (nSPS) is 17.2. The van der Waals surface area contributed by atoms with Crippen molar-refractivity contribution in [3.05, 3.63) is 59.7 Å². The summed E-state index contributed by atoms with van der Waals surface area (Å²) in [5.41, 5.74) is 0.600. The van der Waals surface area contributed by atoms with Gasteiger partial charge in [-0.1, -0.05) is 12.1 Å². The van der Waals surface area contributed by atoms with Gasteiger partial charge in [0.05, 0.1) is 12.7 Å². The zero-order chi connectivity index (χ0) is 18.7. The highest BCUT2D eigenvalue weighted by Gasteiger charge is 2.33. The standard InChI is InChI=1S/C18H17F3N2O2S/c1-25-15-8-6-14(7-9-15)22-17(24)23-10-11-26-16(23)12-2-4-13(5-3-12)18(19,20)21/h2-9,16H,10-11H2,1H3,(H,22,24). The van der Waals surface area contributed by atoms with Gasteiger partial charge in [-0.3, -0.25) is 0 Å². The Kier molecular flexibility index (Phi) is 5.31. The Bertz CT molecular complexity index is 764. The van der Waals surface area contributed by atoms with Gasteiger partial charge in [-0.2, -0.15) is 13.2 Å². The van der Waals surface area contributed by atoms with E-state index in [-0.39, 0.29) is 11.4 Å². The van der Waals surface area contributed by atoms with Gasteiger partial charge in [-0.25, -0.2) is 4.79 Å². The lowest BCUT2D eigenvalue weighted by Crippen LogP contribution is -2.34. The van der Waals surface area contributed by atoms with Crippen LogP contribution in [0.15, 0.2) is 48.5 Å². The third-order valence-electron chi connectivity index (χ3n) is 4.02. The van der Waals surface area contributed by atoms with Gasteiger partial charge in [0.25, 0.3) is 0 Å². The highest BCUT2D eigenvalue weighted by atomic mass is 32.2. The Morgan fingerprint density at radius 1 is 1.15 bits per heavy atom. The van der Waals surface area contributed by atoms with Crippen LogP contribution in [0.5, 0.6) is 5.75 Å². The maximum absolute atomic E-state index is 12.7. The van der Waals surface area contributed by atoms with Crippen LogP contribution in [0, 0.1) is 0 Å². The monoisotopic (exact) mass is 382 g/mol. The van der Waals surface area contributed by atoms with Crippen molar-refractivity contribution in [3.63, 3.8) is 0 Å². The van der Waals surface area contributed by atoms with E-state index in [9.17, 15) is 18.0 Å². The summed E-state index contributed by atoms with van der Waals surface area (Å²) in [5, 5.41) is 2.50. The topological polar surface area (TPSA) is 41.6 Å². The molecule has 1 heterocycles. The second-order valence-electron chi connectivity index (χ2n) is 5.69. The molecule has 1 aliphatic heterocycles. The first-order valence-corrected chi connectivity index (χ1v) is 8.94. The predicted molar refractivity (Wildman–Crippen MR) is 95.4 cm³/mol. The Morgan fingerprint density at radius 3 is 2.38 bits per heavy atom. The first-order chi connectivity index (χ1) is 12.4. The highest BCUT2D eigenvalue weighted by Crippen LogP contribution is 2.39. The minimum atomic E-state index is -4.37. The number of hydrogen-bond acceptors (Lipinski definition) is 3. The van der Waals surface area contributed by atoms with Crippen molar-refractivity contribution in [1.82, 2.24) is 4.90 Å². The van der Waals surface area contributed by atoms with E-state index in [1.165, 1.54) is 23.9 Å². The first-order valence-electron chi connectivity index (χ1n) is 7.89. The molecular weight excluding hydrogens is 365 g/mol. The molecule has 26 heavy (non-hydrogen) atoms. The number of rotatable bonds is 3. The molecule has 138 valence electrons. The molecule has 1 atom stereocenters. The molecule has 1 fully saturated rings. The van der Waals surface area contributed by atoms with E-state index in [1.54, 1.807) is 36.3 Å². The lowest BCUT2D eigenvalue weighted by Gasteiger charge is -2.24. The molecule has 1 unspecified atom stereocenters. The summed E-state index contributed by atoms with van der Waals surface area (Å²) in [6.45, 7) is 0.526. The van der Waals surface area contributed by atoms with Gasteiger partial charge in [0.1, 0.15) is 11.1 Å². The number of thioether (sulfide) groups is 1. The molecule has 0 bridgehead atoms. The van der Waals surface area contributed by atoms with E-state index in [0.717, 1.165) is 17.9 Å². The van der Waals surface area contributed by atoms with E-state index < -0.39 is 11.7 Å². The molecule has 1 aliphatic rings.